The molecule has 116 valence electrons. The Morgan fingerprint density at radius 3 is 2.52 bits per heavy atom. The SMILES string of the molecule is NC(=O)CC1(CC(N)c2cc(Cl)ccc2Cl)CCCCC1. The van der Waals surface area contributed by atoms with Crippen molar-refractivity contribution < 1.29 is 4.79 Å². The van der Waals surface area contributed by atoms with Crippen molar-refractivity contribution in [1.82, 2.24) is 0 Å². The van der Waals surface area contributed by atoms with E-state index in [0.29, 0.717) is 16.5 Å². The average molecular weight is 329 g/mol. The summed E-state index contributed by atoms with van der Waals surface area (Å²) in [6.07, 6.45) is 6.60. The van der Waals surface area contributed by atoms with Gasteiger partial charge >= 0.3 is 0 Å². The van der Waals surface area contributed by atoms with Crippen molar-refractivity contribution in [3.8, 4) is 0 Å². The van der Waals surface area contributed by atoms with Crippen molar-refractivity contribution in [1.29, 1.82) is 0 Å². The zero-order valence-electron chi connectivity index (χ0n) is 12.1. The number of amides is 1. The first-order chi connectivity index (χ1) is 9.92. The molecule has 0 aromatic heterocycles. The Bertz CT molecular complexity index is 513. The van der Waals surface area contributed by atoms with Gasteiger partial charge in [0, 0.05) is 22.5 Å². The van der Waals surface area contributed by atoms with Gasteiger partial charge in [0.25, 0.3) is 0 Å². The molecule has 0 saturated heterocycles. The third kappa shape index (κ3) is 4.35. The summed E-state index contributed by atoms with van der Waals surface area (Å²) in [5.41, 5.74) is 12.6. The van der Waals surface area contributed by atoms with Crippen LogP contribution in [0.2, 0.25) is 10.0 Å². The molecule has 0 radical (unpaired) electrons. The van der Waals surface area contributed by atoms with Crippen LogP contribution in [-0.2, 0) is 4.79 Å². The zero-order chi connectivity index (χ0) is 15.5. The number of carbonyl (C=O) groups excluding carboxylic acids is 1. The smallest absolute Gasteiger partial charge is 0.217 e. The standard InChI is InChI=1S/C16H22Cl2N2O/c17-11-4-5-13(18)12(8-11)14(19)9-16(10-15(20)21)6-2-1-3-7-16/h4-5,8,14H,1-3,6-7,9-10,19H2,(H2,20,21). The van der Waals surface area contributed by atoms with Gasteiger partial charge < -0.3 is 11.5 Å². The van der Waals surface area contributed by atoms with Crippen LogP contribution in [0, 0.1) is 5.41 Å². The van der Waals surface area contributed by atoms with Gasteiger partial charge in [0.1, 0.15) is 0 Å². The normalized spacial score (nSPS) is 19.2. The van der Waals surface area contributed by atoms with Crippen molar-refractivity contribution in [2.45, 2.75) is 51.0 Å². The van der Waals surface area contributed by atoms with Crippen LogP contribution in [0.3, 0.4) is 0 Å². The molecule has 4 N–H and O–H groups in total. The molecule has 0 heterocycles. The van der Waals surface area contributed by atoms with E-state index in [1.54, 1.807) is 12.1 Å². The number of hydrogen-bond donors (Lipinski definition) is 2. The van der Waals surface area contributed by atoms with Gasteiger partial charge in [-0.3, -0.25) is 4.79 Å². The zero-order valence-corrected chi connectivity index (χ0v) is 13.6. The second kappa shape index (κ2) is 6.99. The van der Waals surface area contributed by atoms with E-state index >= 15 is 0 Å². The van der Waals surface area contributed by atoms with Gasteiger partial charge in [-0.15, -0.1) is 0 Å². The molecule has 0 aliphatic heterocycles. The molecule has 1 fully saturated rings. The van der Waals surface area contributed by atoms with Gasteiger partial charge in [-0.05, 0) is 48.4 Å². The minimum Gasteiger partial charge on any atom is -0.370 e. The Morgan fingerprint density at radius 2 is 1.90 bits per heavy atom. The second-order valence-corrected chi connectivity index (χ2v) is 7.02. The Balaban J connectivity index is 2.19. The number of hydrogen-bond acceptors (Lipinski definition) is 2. The summed E-state index contributed by atoms with van der Waals surface area (Å²) >= 11 is 12.3. The maximum Gasteiger partial charge on any atom is 0.217 e. The summed E-state index contributed by atoms with van der Waals surface area (Å²) in [6.45, 7) is 0. The Hall–Kier alpha value is -0.770. The molecule has 1 aliphatic carbocycles. The van der Waals surface area contributed by atoms with E-state index in [-0.39, 0.29) is 17.4 Å². The van der Waals surface area contributed by atoms with Gasteiger partial charge in [0.2, 0.25) is 5.91 Å². The van der Waals surface area contributed by atoms with E-state index < -0.39 is 0 Å². The quantitative estimate of drug-likeness (QED) is 0.849. The maximum absolute atomic E-state index is 11.4. The monoisotopic (exact) mass is 328 g/mol. The first-order valence-corrected chi connectivity index (χ1v) is 8.16. The van der Waals surface area contributed by atoms with E-state index in [2.05, 4.69) is 0 Å². The number of halogens is 2. The molecule has 1 atom stereocenters. The molecular weight excluding hydrogens is 307 g/mol. The Morgan fingerprint density at radius 1 is 1.24 bits per heavy atom. The van der Waals surface area contributed by atoms with Crippen molar-refractivity contribution in [2.24, 2.45) is 16.9 Å². The van der Waals surface area contributed by atoms with E-state index in [1.807, 2.05) is 6.07 Å². The molecule has 2 rings (SSSR count). The number of nitrogens with two attached hydrogens (primary N) is 2. The van der Waals surface area contributed by atoms with Gasteiger partial charge in [0.05, 0.1) is 0 Å². The first-order valence-electron chi connectivity index (χ1n) is 7.41. The van der Waals surface area contributed by atoms with E-state index in [1.165, 1.54) is 6.42 Å². The van der Waals surface area contributed by atoms with Crippen LogP contribution in [0.25, 0.3) is 0 Å². The molecule has 1 aromatic carbocycles. The van der Waals surface area contributed by atoms with Crippen molar-refractivity contribution in [2.75, 3.05) is 0 Å². The third-order valence-corrected chi connectivity index (χ3v) is 5.05. The Labute approximate surface area is 136 Å². The first kappa shape index (κ1) is 16.6. The molecule has 21 heavy (non-hydrogen) atoms. The topological polar surface area (TPSA) is 69.1 Å². The molecule has 1 aliphatic rings. The highest BCUT2D eigenvalue weighted by Gasteiger charge is 2.35. The summed E-state index contributed by atoms with van der Waals surface area (Å²) in [5, 5.41) is 1.24. The molecule has 0 bridgehead atoms. The second-order valence-electron chi connectivity index (χ2n) is 6.18. The predicted octanol–water partition coefficient (Wildman–Crippen LogP) is 4.21. The van der Waals surface area contributed by atoms with Crippen LogP contribution in [0.5, 0.6) is 0 Å². The summed E-state index contributed by atoms with van der Waals surface area (Å²) in [4.78, 5) is 11.4. The number of benzene rings is 1. The molecule has 1 saturated carbocycles. The lowest BCUT2D eigenvalue weighted by Gasteiger charge is -2.38. The van der Waals surface area contributed by atoms with Crippen molar-refractivity contribution >= 4 is 29.1 Å². The summed E-state index contributed by atoms with van der Waals surface area (Å²) in [7, 11) is 0. The van der Waals surface area contributed by atoms with Crippen LogP contribution in [0.15, 0.2) is 18.2 Å². The highest BCUT2D eigenvalue weighted by molar-refractivity contribution is 6.33. The molecule has 3 nitrogen and oxygen atoms in total. The number of rotatable bonds is 5. The van der Waals surface area contributed by atoms with E-state index in [4.69, 9.17) is 34.7 Å². The van der Waals surface area contributed by atoms with E-state index in [0.717, 1.165) is 37.7 Å². The lowest BCUT2D eigenvalue weighted by atomic mass is 9.67. The lowest BCUT2D eigenvalue weighted by molar-refractivity contribution is -0.121. The number of carbonyl (C=O) groups is 1. The van der Waals surface area contributed by atoms with Crippen LogP contribution >= 0.6 is 23.2 Å². The highest BCUT2D eigenvalue weighted by atomic mass is 35.5. The molecule has 1 aromatic rings. The largest absolute Gasteiger partial charge is 0.370 e. The molecule has 0 spiro atoms. The molecule has 1 unspecified atom stereocenters. The van der Waals surface area contributed by atoms with Crippen LogP contribution in [-0.4, -0.2) is 5.91 Å². The molecule has 5 heteroatoms. The fourth-order valence-corrected chi connectivity index (χ4v) is 3.94. The van der Waals surface area contributed by atoms with Crippen LogP contribution in [0.1, 0.15) is 56.6 Å². The minimum absolute atomic E-state index is 0.0881. The summed E-state index contributed by atoms with van der Waals surface area (Å²) in [6, 6.07) is 5.10. The van der Waals surface area contributed by atoms with Gasteiger partial charge in [-0.1, -0.05) is 42.5 Å². The van der Waals surface area contributed by atoms with Crippen LogP contribution < -0.4 is 11.5 Å². The van der Waals surface area contributed by atoms with Gasteiger partial charge in [0.15, 0.2) is 0 Å². The highest BCUT2D eigenvalue weighted by Crippen LogP contribution is 2.45. The van der Waals surface area contributed by atoms with Crippen LogP contribution in [0.4, 0.5) is 0 Å². The molecular formula is C16H22Cl2N2O. The van der Waals surface area contributed by atoms with Gasteiger partial charge in [-0.2, -0.15) is 0 Å². The average Bonchev–Trinajstić information content (AvgIpc) is 2.41. The number of primary amides is 1. The van der Waals surface area contributed by atoms with E-state index in [9.17, 15) is 4.79 Å². The summed E-state index contributed by atoms with van der Waals surface area (Å²) < 4.78 is 0. The predicted molar refractivity (Wildman–Crippen MR) is 87.3 cm³/mol. The van der Waals surface area contributed by atoms with Gasteiger partial charge in [-0.25, -0.2) is 0 Å². The summed E-state index contributed by atoms with van der Waals surface area (Å²) in [5.74, 6) is -0.249. The molecule has 1 amide bonds. The fourth-order valence-electron chi connectivity index (χ4n) is 3.50. The minimum atomic E-state index is -0.249. The lowest BCUT2D eigenvalue weighted by Crippen LogP contribution is -2.33. The van der Waals surface area contributed by atoms with Crippen molar-refractivity contribution in [3.63, 3.8) is 0 Å². The maximum atomic E-state index is 11.4. The third-order valence-electron chi connectivity index (χ3n) is 4.47. The van der Waals surface area contributed by atoms with Crippen molar-refractivity contribution in [3.05, 3.63) is 33.8 Å². The Kier molecular flexibility index (Phi) is 5.53. The fraction of sp³-hybridized carbons (Fsp3) is 0.562.